The molecule has 0 aliphatic rings. The van der Waals surface area contributed by atoms with Gasteiger partial charge in [-0.05, 0) is 42.8 Å². The van der Waals surface area contributed by atoms with Crippen LogP contribution < -0.4 is 5.32 Å². The minimum atomic E-state index is -0.0721. The maximum Gasteiger partial charge on any atom is 0.225 e. The lowest BCUT2D eigenvalue weighted by Crippen LogP contribution is -2.12. The van der Waals surface area contributed by atoms with E-state index in [1.165, 1.54) is 22.7 Å². The number of aromatic nitrogens is 2. The van der Waals surface area contributed by atoms with Crippen molar-refractivity contribution in [2.45, 2.75) is 24.9 Å². The van der Waals surface area contributed by atoms with Crippen LogP contribution in [0.3, 0.4) is 0 Å². The number of nitrogens with one attached hydrogen (secondary N) is 1. The first kappa shape index (κ1) is 26.4. The van der Waals surface area contributed by atoms with E-state index in [0.29, 0.717) is 22.8 Å². The van der Waals surface area contributed by atoms with Gasteiger partial charge in [0, 0.05) is 57.3 Å². The van der Waals surface area contributed by atoms with Crippen LogP contribution in [-0.4, -0.2) is 21.2 Å². The molecule has 0 saturated heterocycles. The maximum atomic E-state index is 13.0. The van der Waals surface area contributed by atoms with Crippen LogP contribution in [0.1, 0.15) is 18.9 Å². The van der Waals surface area contributed by atoms with Crippen molar-refractivity contribution >= 4 is 45.2 Å². The molecule has 5 nitrogen and oxygen atoms in total. The van der Waals surface area contributed by atoms with Gasteiger partial charge in [0.15, 0.2) is 0 Å². The average molecular weight is 553 g/mol. The lowest BCUT2D eigenvalue weighted by molar-refractivity contribution is -0.115. The van der Waals surface area contributed by atoms with E-state index in [2.05, 4.69) is 53.2 Å². The first-order valence-corrected chi connectivity index (χ1v) is 14.6. The minimum absolute atomic E-state index is 0.0721. The van der Waals surface area contributed by atoms with Crippen LogP contribution in [0.25, 0.3) is 44.2 Å². The highest BCUT2D eigenvalue weighted by Crippen LogP contribution is 2.35. The molecule has 2 heterocycles. The number of nitriles is 1. The van der Waals surface area contributed by atoms with E-state index in [9.17, 15) is 10.1 Å². The predicted molar refractivity (Wildman–Crippen MR) is 169 cm³/mol. The van der Waals surface area contributed by atoms with Crippen LogP contribution >= 0.6 is 11.8 Å². The van der Waals surface area contributed by atoms with Gasteiger partial charge in [-0.15, -0.1) is 11.8 Å². The third kappa shape index (κ3) is 5.32. The summed E-state index contributed by atoms with van der Waals surface area (Å²) in [5.41, 5.74) is 7.24. The molecule has 200 valence electrons. The van der Waals surface area contributed by atoms with Gasteiger partial charge in [0.05, 0.1) is 11.3 Å². The predicted octanol–water partition coefficient (Wildman–Crippen LogP) is 8.54. The van der Waals surface area contributed by atoms with Gasteiger partial charge in [-0.1, -0.05) is 78.9 Å². The molecule has 0 radical (unpaired) electrons. The van der Waals surface area contributed by atoms with Crippen molar-refractivity contribution in [3.8, 4) is 28.5 Å². The van der Waals surface area contributed by atoms with Crippen LogP contribution in [0.5, 0.6) is 0 Å². The van der Waals surface area contributed by atoms with Crippen molar-refractivity contribution in [3.63, 3.8) is 0 Å². The summed E-state index contributed by atoms with van der Waals surface area (Å²) in [4.78, 5) is 17.8. The molecule has 41 heavy (non-hydrogen) atoms. The number of hydrogen-bond donors (Lipinski definition) is 1. The number of benzene rings is 4. The lowest BCUT2D eigenvalue weighted by Gasteiger charge is -2.13. The molecule has 0 bridgehead atoms. The molecule has 0 unspecified atom stereocenters. The Morgan fingerprint density at radius 2 is 1.54 bits per heavy atom. The molecule has 1 amide bonds. The second-order valence-electron chi connectivity index (χ2n) is 9.72. The van der Waals surface area contributed by atoms with E-state index < -0.39 is 0 Å². The Labute approximate surface area is 243 Å². The van der Waals surface area contributed by atoms with Crippen LogP contribution in [0.15, 0.2) is 114 Å². The van der Waals surface area contributed by atoms with Crippen LogP contribution in [-0.2, 0) is 11.3 Å². The Kier molecular flexibility index (Phi) is 7.53. The van der Waals surface area contributed by atoms with E-state index in [4.69, 9.17) is 4.98 Å². The minimum Gasteiger partial charge on any atom is -0.341 e. The Hall–Kier alpha value is -4.86. The van der Waals surface area contributed by atoms with Gasteiger partial charge in [-0.3, -0.25) is 4.79 Å². The molecule has 2 aromatic heterocycles. The highest BCUT2D eigenvalue weighted by Gasteiger charge is 2.17. The fraction of sp³-hybridized carbons (Fsp3) is 0.114. The molecule has 4 aromatic carbocycles. The van der Waals surface area contributed by atoms with Crippen molar-refractivity contribution in [1.29, 1.82) is 5.26 Å². The van der Waals surface area contributed by atoms with Crippen molar-refractivity contribution in [2.75, 3.05) is 11.1 Å². The summed E-state index contributed by atoms with van der Waals surface area (Å²) in [5, 5.41) is 16.1. The largest absolute Gasteiger partial charge is 0.341 e. The molecule has 0 atom stereocenters. The Morgan fingerprint density at radius 1 is 0.854 bits per heavy atom. The smallest absolute Gasteiger partial charge is 0.225 e. The van der Waals surface area contributed by atoms with E-state index in [0.717, 1.165) is 45.5 Å². The molecule has 0 aliphatic carbocycles. The number of carbonyl (C=O) groups excluding carboxylic acids is 1. The summed E-state index contributed by atoms with van der Waals surface area (Å²) in [6.45, 7) is 3.02. The standard InChI is InChI=1S/C35H28N4OS/c1-2-39-32-16-10-9-15-27(32)29-21-26(17-18-33(29)39)37-34(40)19-20-41-35-30(23-36)28(24-11-5-3-6-12-24)22-31(38-35)25-13-7-4-8-14-25/h3-18,21-22H,2,19-20H2,1H3,(H,37,40). The number of hydrogen-bond acceptors (Lipinski definition) is 4. The quantitative estimate of drug-likeness (QED) is 0.192. The Balaban J connectivity index is 1.22. The number of aryl methyl sites for hydroxylation is 1. The highest BCUT2D eigenvalue weighted by atomic mass is 32.2. The fourth-order valence-electron chi connectivity index (χ4n) is 5.27. The zero-order chi connectivity index (χ0) is 28.2. The van der Waals surface area contributed by atoms with Gasteiger partial charge in [0.25, 0.3) is 0 Å². The molecule has 0 fully saturated rings. The van der Waals surface area contributed by atoms with Gasteiger partial charge < -0.3 is 9.88 Å². The van der Waals surface area contributed by atoms with Gasteiger partial charge >= 0.3 is 0 Å². The molecular formula is C35H28N4OS. The SMILES string of the molecule is CCn1c2ccccc2c2cc(NC(=O)CCSc3nc(-c4ccccc4)cc(-c4ccccc4)c3C#N)ccc21. The summed E-state index contributed by atoms with van der Waals surface area (Å²) in [7, 11) is 0. The average Bonchev–Trinajstić information content (AvgIpc) is 3.34. The molecule has 1 N–H and O–H groups in total. The zero-order valence-electron chi connectivity index (χ0n) is 22.7. The molecule has 0 saturated carbocycles. The van der Waals surface area contributed by atoms with Crippen LogP contribution in [0, 0.1) is 11.3 Å². The summed E-state index contributed by atoms with van der Waals surface area (Å²) in [6, 6.07) is 38.6. The monoisotopic (exact) mass is 552 g/mol. The number of pyridine rings is 1. The van der Waals surface area contributed by atoms with Gasteiger partial charge in [0.2, 0.25) is 5.91 Å². The topological polar surface area (TPSA) is 70.7 Å². The zero-order valence-corrected chi connectivity index (χ0v) is 23.5. The van der Waals surface area contributed by atoms with E-state index in [1.54, 1.807) is 0 Å². The van der Waals surface area contributed by atoms with E-state index in [1.807, 2.05) is 78.9 Å². The number of anilines is 1. The molecular weight excluding hydrogens is 524 g/mol. The Morgan fingerprint density at radius 3 is 2.27 bits per heavy atom. The second kappa shape index (κ2) is 11.7. The third-order valence-corrected chi connectivity index (χ3v) is 8.17. The van der Waals surface area contributed by atoms with Crippen LogP contribution in [0.4, 0.5) is 5.69 Å². The number of amides is 1. The highest BCUT2D eigenvalue weighted by molar-refractivity contribution is 7.99. The van der Waals surface area contributed by atoms with Gasteiger partial charge in [-0.2, -0.15) is 5.26 Å². The fourth-order valence-corrected chi connectivity index (χ4v) is 6.22. The molecule has 6 aromatic rings. The van der Waals surface area contributed by atoms with Crippen molar-refractivity contribution in [1.82, 2.24) is 9.55 Å². The number of rotatable bonds is 8. The summed E-state index contributed by atoms with van der Waals surface area (Å²) in [5.74, 6) is 0.425. The number of nitrogens with zero attached hydrogens (tertiary/aromatic N) is 3. The normalized spacial score (nSPS) is 11.0. The maximum absolute atomic E-state index is 13.0. The second-order valence-corrected chi connectivity index (χ2v) is 10.8. The summed E-state index contributed by atoms with van der Waals surface area (Å²) in [6.07, 6.45) is 0.294. The molecule has 6 rings (SSSR count). The number of carbonyl (C=O) groups is 1. The number of fused-ring (bicyclic) bond motifs is 3. The first-order valence-electron chi connectivity index (χ1n) is 13.7. The summed E-state index contributed by atoms with van der Waals surface area (Å²) >= 11 is 1.44. The number of para-hydroxylation sites is 1. The van der Waals surface area contributed by atoms with Crippen LogP contribution in [0.2, 0.25) is 0 Å². The summed E-state index contributed by atoms with van der Waals surface area (Å²) < 4.78 is 2.29. The third-order valence-electron chi connectivity index (χ3n) is 7.19. The first-order chi connectivity index (χ1) is 20.2. The molecule has 0 aliphatic heterocycles. The van der Waals surface area contributed by atoms with Crippen molar-refractivity contribution < 1.29 is 4.79 Å². The van der Waals surface area contributed by atoms with Gasteiger partial charge in [-0.25, -0.2) is 4.98 Å². The van der Waals surface area contributed by atoms with Gasteiger partial charge in [0.1, 0.15) is 11.1 Å². The van der Waals surface area contributed by atoms with E-state index >= 15 is 0 Å². The van der Waals surface area contributed by atoms with E-state index in [-0.39, 0.29) is 5.91 Å². The van der Waals surface area contributed by atoms with Crippen molar-refractivity contribution in [2.24, 2.45) is 0 Å². The lowest BCUT2D eigenvalue weighted by atomic mass is 9.99. The molecule has 0 spiro atoms. The molecule has 6 heteroatoms. The Bertz CT molecular complexity index is 1910. The number of thioether (sulfide) groups is 1. The van der Waals surface area contributed by atoms with Crippen molar-refractivity contribution in [3.05, 3.63) is 115 Å².